The summed E-state index contributed by atoms with van der Waals surface area (Å²) in [6.45, 7) is 4.11. The van der Waals surface area contributed by atoms with Gasteiger partial charge < -0.3 is 15.2 Å². The highest BCUT2D eigenvalue weighted by Gasteiger charge is 2.25. The molecule has 13 heteroatoms. The molecule has 0 aliphatic rings. The Morgan fingerprint density at radius 3 is 2.56 bits per heavy atom. The van der Waals surface area contributed by atoms with Crippen LogP contribution in [0.1, 0.15) is 32.7 Å². The van der Waals surface area contributed by atoms with Gasteiger partial charge in [0, 0.05) is 16.1 Å². The van der Waals surface area contributed by atoms with Crippen LogP contribution in [0.15, 0.2) is 70.4 Å². The molecule has 0 saturated heterocycles. The standard InChI is InChI=1S/C28H25ClN8O4/c1-16-11-21(12-17(2)23(16)29)40-15-20-13-18(9-10-22(20)39-3)14-31-33-28(38)24-25(19-7-5-4-6-8-19)37(36-32-24)27-26(30)34-41-35-27/h4-14H,15H2,1-3H3,(H2,30,34)(H,33,38). The molecule has 0 spiro atoms. The van der Waals surface area contributed by atoms with Crippen LogP contribution >= 0.6 is 11.6 Å². The maximum absolute atomic E-state index is 13.1. The van der Waals surface area contributed by atoms with Crippen molar-refractivity contribution in [3.63, 3.8) is 0 Å². The van der Waals surface area contributed by atoms with Crippen LogP contribution in [0.2, 0.25) is 5.02 Å². The van der Waals surface area contributed by atoms with E-state index < -0.39 is 5.91 Å². The number of nitrogens with one attached hydrogen (secondary N) is 1. The molecular weight excluding hydrogens is 548 g/mol. The summed E-state index contributed by atoms with van der Waals surface area (Å²) in [6.07, 6.45) is 1.50. The first-order valence-electron chi connectivity index (χ1n) is 12.3. The fraction of sp³-hybridized carbons (Fsp3) is 0.143. The Morgan fingerprint density at radius 1 is 1.12 bits per heavy atom. The lowest BCUT2D eigenvalue weighted by molar-refractivity contribution is 0.0950. The minimum absolute atomic E-state index is 0.00215. The minimum Gasteiger partial charge on any atom is -0.496 e. The molecule has 0 radical (unpaired) electrons. The van der Waals surface area contributed by atoms with E-state index in [9.17, 15) is 4.79 Å². The lowest BCUT2D eigenvalue weighted by Gasteiger charge is -2.13. The van der Waals surface area contributed by atoms with Crippen molar-refractivity contribution < 1.29 is 18.9 Å². The normalized spacial score (nSPS) is 11.1. The lowest BCUT2D eigenvalue weighted by atomic mass is 10.1. The van der Waals surface area contributed by atoms with Gasteiger partial charge in [-0.05, 0) is 71.2 Å². The molecule has 12 nitrogen and oxygen atoms in total. The summed E-state index contributed by atoms with van der Waals surface area (Å²) < 4.78 is 17.5. The number of anilines is 1. The third kappa shape index (κ3) is 5.87. The largest absolute Gasteiger partial charge is 0.496 e. The van der Waals surface area contributed by atoms with Crippen LogP contribution in [0.3, 0.4) is 0 Å². The Morgan fingerprint density at radius 2 is 1.88 bits per heavy atom. The molecule has 0 fully saturated rings. The zero-order valence-electron chi connectivity index (χ0n) is 22.3. The van der Waals surface area contributed by atoms with E-state index in [1.807, 2.05) is 50.2 Å². The highest BCUT2D eigenvalue weighted by atomic mass is 35.5. The SMILES string of the molecule is COc1ccc(C=NNC(=O)c2nnn(-c3nonc3N)c2-c2ccccc2)cc1COc1cc(C)c(Cl)c(C)c1. The summed E-state index contributed by atoms with van der Waals surface area (Å²) in [5.41, 5.74) is 12.7. The topological polar surface area (TPSA) is 156 Å². The fourth-order valence-corrected chi connectivity index (χ4v) is 4.25. The smallest absolute Gasteiger partial charge is 0.294 e. The van der Waals surface area contributed by atoms with Crippen molar-refractivity contribution in [2.75, 3.05) is 12.8 Å². The van der Waals surface area contributed by atoms with Crippen molar-refractivity contribution >= 4 is 29.5 Å². The summed E-state index contributed by atoms with van der Waals surface area (Å²) in [7, 11) is 1.59. The van der Waals surface area contributed by atoms with Crippen LogP contribution in [0.25, 0.3) is 17.1 Å². The van der Waals surface area contributed by atoms with E-state index in [-0.39, 0.29) is 23.9 Å². The molecule has 1 amide bonds. The minimum atomic E-state index is -0.591. The molecule has 3 aromatic carbocycles. The number of halogens is 1. The second-order valence-corrected chi connectivity index (χ2v) is 9.35. The number of methoxy groups -OCH3 is 1. The van der Waals surface area contributed by atoms with E-state index in [1.54, 1.807) is 31.4 Å². The van der Waals surface area contributed by atoms with Gasteiger partial charge in [-0.2, -0.15) is 9.78 Å². The molecule has 0 atom stereocenters. The van der Waals surface area contributed by atoms with Gasteiger partial charge >= 0.3 is 0 Å². The summed E-state index contributed by atoms with van der Waals surface area (Å²) in [6, 6.07) is 18.3. The molecule has 0 aliphatic heterocycles. The summed E-state index contributed by atoms with van der Waals surface area (Å²) in [4.78, 5) is 13.1. The van der Waals surface area contributed by atoms with Gasteiger partial charge in [0.05, 0.1) is 13.3 Å². The van der Waals surface area contributed by atoms with Gasteiger partial charge in [0.1, 0.15) is 23.8 Å². The van der Waals surface area contributed by atoms with Crippen molar-refractivity contribution in [1.29, 1.82) is 0 Å². The maximum atomic E-state index is 13.1. The zero-order chi connectivity index (χ0) is 28.9. The van der Waals surface area contributed by atoms with Crippen molar-refractivity contribution in [2.45, 2.75) is 20.5 Å². The van der Waals surface area contributed by atoms with Crippen molar-refractivity contribution in [2.24, 2.45) is 5.10 Å². The predicted octanol–water partition coefficient (Wildman–Crippen LogP) is 4.52. The number of hydrazone groups is 1. The van der Waals surface area contributed by atoms with Crippen LogP contribution < -0.4 is 20.6 Å². The van der Waals surface area contributed by atoms with E-state index in [0.29, 0.717) is 33.3 Å². The Bertz CT molecular complexity index is 1710. The number of carbonyl (C=O) groups excluding carboxylic acids is 1. The maximum Gasteiger partial charge on any atom is 0.294 e. The average molecular weight is 573 g/mol. The number of carbonyl (C=O) groups is 1. The first-order valence-corrected chi connectivity index (χ1v) is 12.7. The van der Waals surface area contributed by atoms with Crippen molar-refractivity contribution in [3.05, 3.63) is 93.6 Å². The summed E-state index contributed by atoms with van der Waals surface area (Å²) in [5.74, 6) is 0.864. The van der Waals surface area contributed by atoms with E-state index in [2.05, 4.69) is 31.2 Å². The van der Waals surface area contributed by atoms with Crippen LogP contribution in [0.4, 0.5) is 5.82 Å². The number of nitrogens with zero attached hydrogens (tertiary/aromatic N) is 6. The number of nitrogens with two attached hydrogens (primary N) is 1. The number of nitrogen functional groups attached to an aromatic ring is 1. The van der Waals surface area contributed by atoms with E-state index in [0.717, 1.165) is 16.7 Å². The number of rotatable bonds is 9. The number of hydrogen-bond donors (Lipinski definition) is 2. The van der Waals surface area contributed by atoms with Gasteiger partial charge in [-0.1, -0.05) is 47.1 Å². The highest BCUT2D eigenvalue weighted by Crippen LogP contribution is 2.28. The summed E-state index contributed by atoms with van der Waals surface area (Å²) >= 11 is 6.27. The monoisotopic (exact) mass is 572 g/mol. The second kappa shape index (κ2) is 11.9. The number of aryl methyl sites for hydroxylation is 2. The molecule has 0 unspecified atom stereocenters. The quantitative estimate of drug-likeness (QED) is 0.191. The number of hydrogen-bond acceptors (Lipinski definition) is 10. The molecule has 208 valence electrons. The van der Waals surface area contributed by atoms with Crippen LogP contribution in [0.5, 0.6) is 11.5 Å². The number of amides is 1. The molecule has 5 aromatic rings. The molecular formula is C28H25ClN8O4. The molecule has 2 aromatic heterocycles. The lowest BCUT2D eigenvalue weighted by Crippen LogP contribution is -2.19. The van der Waals surface area contributed by atoms with Gasteiger partial charge in [-0.3, -0.25) is 4.79 Å². The molecule has 2 heterocycles. The van der Waals surface area contributed by atoms with Crippen LogP contribution in [-0.4, -0.2) is 44.5 Å². The first kappa shape index (κ1) is 27.3. The van der Waals surface area contributed by atoms with Gasteiger partial charge in [0.2, 0.25) is 11.6 Å². The second-order valence-electron chi connectivity index (χ2n) is 8.97. The third-order valence-electron chi connectivity index (χ3n) is 6.12. The molecule has 0 aliphatic carbocycles. The Kier molecular flexibility index (Phi) is 7.92. The highest BCUT2D eigenvalue weighted by molar-refractivity contribution is 6.32. The summed E-state index contributed by atoms with van der Waals surface area (Å²) in [5, 5.41) is 20.3. The van der Waals surface area contributed by atoms with Gasteiger partial charge in [-0.15, -0.1) is 5.10 Å². The Balaban J connectivity index is 1.34. The first-order chi connectivity index (χ1) is 19.9. The zero-order valence-corrected chi connectivity index (χ0v) is 23.1. The molecule has 5 rings (SSSR count). The van der Waals surface area contributed by atoms with Crippen molar-refractivity contribution in [1.82, 2.24) is 30.7 Å². The van der Waals surface area contributed by atoms with Crippen LogP contribution in [0, 0.1) is 13.8 Å². The van der Waals surface area contributed by atoms with Crippen LogP contribution in [-0.2, 0) is 6.61 Å². The molecule has 0 saturated carbocycles. The van der Waals surface area contributed by atoms with Gasteiger partial charge in [0.15, 0.2) is 5.69 Å². The Hall–Kier alpha value is -5.23. The van der Waals surface area contributed by atoms with Gasteiger partial charge in [-0.25, -0.2) is 10.1 Å². The predicted molar refractivity (Wildman–Crippen MR) is 152 cm³/mol. The molecule has 0 bridgehead atoms. The Labute approximate surface area is 239 Å². The van der Waals surface area contributed by atoms with Crippen molar-refractivity contribution in [3.8, 4) is 28.6 Å². The molecule has 3 N–H and O–H groups in total. The molecule has 41 heavy (non-hydrogen) atoms. The number of ether oxygens (including phenoxy) is 2. The number of aromatic nitrogens is 5. The average Bonchev–Trinajstić information content (AvgIpc) is 3.61. The third-order valence-corrected chi connectivity index (χ3v) is 6.71. The van der Waals surface area contributed by atoms with E-state index in [1.165, 1.54) is 10.9 Å². The van der Waals surface area contributed by atoms with E-state index >= 15 is 0 Å². The number of benzene rings is 3. The van der Waals surface area contributed by atoms with E-state index in [4.69, 9.17) is 31.4 Å². The van der Waals surface area contributed by atoms with Gasteiger partial charge in [0.25, 0.3) is 5.91 Å². The fourth-order valence-electron chi connectivity index (χ4n) is 4.14.